The zero-order chi connectivity index (χ0) is 13.9. The molecule has 7 heteroatoms. The Kier molecular flexibility index (Phi) is 4.15. The number of esters is 1. The van der Waals surface area contributed by atoms with Crippen LogP contribution < -0.4 is 5.73 Å². The molecular weight excluding hydrogens is 243 g/mol. The van der Waals surface area contributed by atoms with Gasteiger partial charge in [-0.2, -0.15) is 0 Å². The lowest BCUT2D eigenvalue weighted by Gasteiger charge is -2.24. The third-order valence-corrected chi connectivity index (χ3v) is 2.18. The molecule has 102 valence electrons. The second-order valence-electron chi connectivity index (χ2n) is 4.88. The standard InChI is InChI=1S/C11H17FN2O4/c1-11(2,3)18-10(16)14-4-7(8(13)5-14)9(15)17-6-12/h4-6,13H2,1-3H3. The summed E-state index contributed by atoms with van der Waals surface area (Å²) in [7, 11) is 0. The van der Waals surface area contributed by atoms with E-state index in [2.05, 4.69) is 4.74 Å². The van der Waals surface area contributed by atoms with Gasteiger partial charge in [-0.15, -0.1) is 0 Å². The summed E-state index contributed by atoms with van der Waals surface area (Å²) in [5.74, 6) is -0.846. The van der Waals surface area contributed by atoms with E-state index in [9.17, 15) is 14.0 Å². The molecule has 0 saturated heterocycles. The number of hydrogen-bond acceptors (Lipinski definition) is 5. The fourth-order valence-corrected chi connectivity index (χ4v) is 1.44. The summed E-state index contributed by atoms with van der Waals surface area (Å²) in [4.78, 5) is 24.3. The molecule has 2 N–H and O–H groups in total. The molecule has 0 unspecified atom stereocenters. The minimum Gasteiger partial charge on any atom is -0.444 e. The molecule has 0 spiro atoms. The van der Waals surface area contributed by atoms with Gasteiger partial charge in [0.2, 0.25) is 6.86 Å². The van der Waals surface area contributed by atoms with Crippen molar-refractivity contribution in [2.45, 2.75) is 26.4 Å². The largest absolute Gasteiger partial charge is 0.444 e. The van der Waals surface area contributed by atoms with Crippen molar-refractivity contribution in [2.24, 2.45) is 5.73 Å². The SMILES string of the molecule is CC(C)(C)OC(=O)N1CC(N)=C(C(=O)OCF)C1. The summed E-state index contributed by atoms with van der Waals surface area (Å²) in [6.07, 6.45) is -0.575. The zero-order valence-electron chi connectivity index (χ0n) is 10.7. The molecule has 0 bridgehead atoms. The van der Waals surface area contributed by atoms with E-state index in [1.165, 1.54) is 4.90 Å². The Balaban J connectivity index is 2.63. The van der Waals surface area contributed by atoms with E-state index < -0.39 is 24.5 Å². The van der Waals surface area contributed by atoms with Crippen molar-refractivity contribution in [1.82, 2.24) is 4.90 Å². The van der Waals surface area contributed by atoms with Crippen molar-refractivity contribution < 1.29 is 23.5 Å². The van der Waals surface area contributed by atoms with Crippen molar-refractivity contribution in [1.29, 1.82) is 0 Å². The highest BCUT2D eigenvalue weighted by atomic mass is 19.1. The van der Waals surface area contributed by atoms with E-state index in [4.69, 9.17) is 10.5 Å². The van der Waals surface area contributed by atoms with E-state index in [0.29, 0.717) is 0 Å². The van der Waals surface area contributed by atoms with Crippen LogP contribution in [0.5, 0.6) is 0 Å². The first kappa shape index (κ1) is 14.3. The van der Waals surface area contributed by atoms with Crippen LogP contribution in [0.1, 0.15) is 20.8 Å². The van der Waals surface area contributed by atoms with Crippen LogP contribution in [-0.4, -0.2) is 42.5 Å². The molecule has 1 aliphatic heterocycles. The quantitative estimate of drug-likeness (QED) is 0.746. The Morgan fingerprint density at radius 3 is 2.50 bits per heavy atom. The predicted octanol–water partition coefficient (Wildman–Crippen LogP) is 0.920. The molecule has 0 aliphatic carbocycles. The molecule has 0 radical (unpaired) electrons. The van der Waals surface area contributed by atoms with Crippen LogP contribution in [0, 0.1) is 0 Å². The molecule has 0 saturated carbocycles. The number of nitrogens with zero attached hydrogens (tertiary/aromatic N) is 1. The Labute approximate surface area is 105 Å². The minimum atomic E-state index is -1.22. The molecule has 1 rings (SSSR count). The number of hydrogen-bond donors (Lipinski definition) is 1. The van der Waals surface area contributed by atoms with Gasteiger partial charge in [0.1, 0.15) is 5.60 Å². The fraction of sp³-hybridized carbons (Fsp3) is 0.636. The lowest BCUT2D eigenvalue weighted by molar-refractivity contribution is -0.143. The summed E-state index contributed by atoms with van der Waals surface area (Å²) in [5, 5.41) is 0. The van der Waals surface area contributed by atoms with Gasteiger partial charge < -0.3 is 15.2 Å². The Morgan fingerprint density at radius 2 is 2.00 bits per heavy atom. The van der Waals surface area contributed by atoms with Crippen LogP contribution in [-0.2, 0) is 14.3 Å². The van der Waals surface area contributed by atoms with Gasteiger partial charge in [-0.25, -0.2) is 14.0 Å². The monoisotopic (exact) mass is 260 g/mol. The molecule has 18 heavy (non-hydrogen) atoms. The maximum atomic E-state index is 11.9. The Hall–Kier alpha value is -1.79. The molecule has 6 nitrogen and oxygen atoms in total. The number of amides is 1. The summed E-state index contributed by atoms with van der Waals surface area (Å²) in [5.41, 5.74) is 5.27. The highest BCUT2D eigenvalue weighted by molar-refractivity contribution is 5.91. The molecule has 0 fully saturated rings. The minimum absolute atomic E-state index is 0.0282. The van der Waals surface area contributed by atoms with Crippen molar-refractivity contribution in [3.8, 4) is 0 Å². The van der Waals surface area contributed by atoms with Crippen molar-refractivity contribution in [3.63, 3.8) is 0 Å². The number of rotatable bonds is 2. The summed E-state index contributed by atoms with van der Waals surface area (Å²) < 4.78 is 21.2. The maximum Gasteiger partial charge on any atom is 0.410 e. The smallest absolute Gasteiger partial charge is 0.410 e. The molecule has 1 heterocycles. The molecule has 0 aromatic carbocycles. The third-order valence-electron chi connectivity index (χ3n) is 2.18. The Bertz CT molecular complexity index is 387. The maximum absolute atomic E-state index is 11.9. The van der Waals surface area contributed by atoms with Gasteiger partial charge in [0, 0.05) is 5.70 Å². The van der Waals surface area contributed by atoms with E-state index in [0.717, 1.165) is 0 Å². The van der Waals surface area contributed by atoms with E-state index in [1.807, 2.05) is 0 Å². The van der Waals surface area contributed by atoms with Gasteiger partial charge in [-0.1, -0.05) is 0 Å². The molecule has 1 amide bonds. The van der Waals surface area contributed by atoms with Crippen LogP contribution in [0.3, 0.4) is 0 Å². The van der Waals surface area contributed by atoms with Crippen LogP contribution in [0.25, 0.3) is 0 Å². The normalized spacial score (nSPS) is 15.9. The molecule has 0 aromatic heterocycles. The van der Waals surface area contributed by atoms with Gasteiger partial charge in [-0.3, -0.25) is 4.90 Å². The Morgan fingerprint density at radius 1 is 1.39 bits per heavy atom. The summed E-state index contributed by atoms with van der Waals surface area (Å²) in [6, 6.07) is 0. The van der Waals surface area contributed by atoms with Crippen molar-refractivity contribution in [2.75, 3.05) is 20.0 Å². The number of alkyl halides is 1. The molecule has 1 aliphatic rings. The average Bonchev–Trinajstić information content (AvgIpc) is 2.58. The van der Waals surface area contributed by atoms with Gasteiger partial charge in [0.05, 0.1) is 18.7 Å². The second-order valence-corrected chi connectivity index (χ2v) is 4.88. The first-order valence-corrected chi connectivity index (χ1v) is 5.43. The number of nitrogens with two attached hydrogens (primary N) is 1. The van der Waals surface area contributed by atoms with E-state index in [-0.39, 0.29) is 24.4 Å². The van der Waals surface area contributed by atoms with Crippen LogP contribution in [0.15, 0.2) is 11.3 Å². The van der Waals surface area contributed by atoms with Gasteiger partial charge in [-0.05, 0) is 20.8 Å². The van der Waals surface area contributed by atoms with Crippen LogP contribution in [0.4, 0.5) is 9.18 Å². The van der Waals surface area contributed by atoms with Gasteiger partial charge in [0.15, 0.2) is 0 Å². The third kappa shape index (κ3) is 3.61. The highest BCUT2D eigenvalue weighted by Gasteiger charge is 2.32. The number of carbonyl (C=O) groups excluding carboxylic acids is 2. The first-order valence-electron chi connectivity index (χ1n) is 5.43. The average molecular weight is 260 g/mol. The van der Waals surface area contributed by atoms with Gasteiger partial charge >= 0.3 is 12.1 Å². The zero-order valence-corrected chi connectivity index (χ0v) is 10.7. The summed E-state index contributed by atoms with van der Waals surface area (Å²) >= 11 is 0. The second kappa shape index (κ2) is 5.24. The van der Waals surface area contributed by atoms with Gasteiger partial charge in [0.25, 0.3) is 0 Å². The van der Waals surface area contributed by atoms with Crippen LogP contribution >= 0.6 is 0 Å². The summed E-state index contributed by atoms with van der Waals surface area (Å²) in [6.45, 7) is 4.02. The predicted molar refractivity (Wildman–Crippen MR) is 61.1 cm³/mol. The van der Waals surface area contributed by atoms with Crippen molar-refractivity contribution in [3.05, 3.63) is 11.3 Å². The van der Waals surface area contributed by atoms with Crippen LogP contribution in [0.2, 0.25) is 0 Å². The van der Waals surface area contributed by atoms with E-state index in [1.54, 1.807) is 20.8 Å². The van der Waals surface area contributed by atoms with E-state index >= 15 is 0 Å². The van der Waals surface area contributed by atoms with Crippen molar-refractivity contribution >= 4 is 12.1 Å². The number of carbonyl (C=O) groups is 2. The molecular formula is C11H17FN2O4. The fourth-order valence-electron chi connectivity index (χ4n) is 1.44. The highest BCUT2D eigenvalue weighted by Crippen LogP contribution is 2.18. The topological polar surface area (TPSA) is 81.9 Å². The first-order chi connectivity index (χ1) is 8.24. The number of ether oxygens (including phenoxy) is 2. The molecule has 0 atom stereocenters. The number of halogens is 1. The molecule has 0 aromatic rings. The lowest BCUT2D eigenvalue weighted by atomic mass is 10.2. The lowest BCUT2D eigenvalue weighted by Crippen LogP contribution is -2.36.